The van der Waals surface area contributed by atoms with E-state index >= 15 is 8.78 Å². The van der Waals surface area contributed by atoms with E-state index in [4.69, 9.17) is 33.6 Å². The molecule has 1 saturated carbocycles. The molecule has 1 aliphatic carbocycles. The third-order valence-electron chi connectivity index (χ3n) is 18.7. The standard InChI is InChI=1S/C62H77F2N7O6Si2/c1-39(2)78(40(3)4,41(5)6)30-27-49-50(64)26-25-42-31-46(77-79(61(7,8)9,47-21-13-11-14-22-47)48-23-15-12-16-24-48)33-53(54(42)49)76-59-66-56-55(71(59)44-19-17-20-44)57(68-36-45-32-52(74-10)51(37-68)70(45)60(72)73)67-58(65-56)75-38-62-28-18-29-69(62)35-43(63)34-62/h11-16,21-26,31,33,39-41,43-45,51-52H,17-20,28-29,32,34-38H2,1-10H3,(H,72,73)/t43-,45-,51-,52-,62+/m1/s1. The molecule has 6 heterocycles. The fraction of sp³-hybridized carbons (Fsp3) is 0.516. The third kappa shape index (κ3) is 9.45. The van der Waals surface area contributed by atoms with E-state index in [0.29, 0.717) is 88.4 Å². The molecule has 4 aliphatic heterocycles. The summed E-state index contributed by atoms with van der Waals surface area (Å²) in [5.41, 5.74) is 5.52. The second kappa shape index (κ2) is 21.1. The molecule has 11 rings (SSSR count). The summed E-state index contributed by atoms with van der Waals surface area (Å²) in [5, 5.41) is 13.5. The first-order valence-electron chi connectivity index (χ1n) is 28.7. The molecule has 0 spiro atoms. The monoisotopic (exact) mass is 1110 g/mol. The topological polar surface area (TPSA) is 128 Å². The number of aromatic nitrogens is 4. The number of benzene rings is 4. The smallest absolute Gasteiger partial charge is 0.408 e. The van der Waals surface area contributed by atoms with Crippen molar-refractivity contribution >= 4 is 60.6 Å². The van der Waals surface area contributed by atoms with Crippen molar-refractivity contribution in [1.29, 1.82) is 0 Å². The largest absolute Gasteiger partial charge is 0.534 e. The lowest BCUT2D eigenvalue weighted by Crippen LogP contribution is -2.68. The molecule has 0 radical (unpaired) electrons. The lowest BCUT2D eigenvalue weighted by Gasteiger charge is -2.43. The van der Waals surface area contributed by atoms with Crippen molar-refractivity contribution in [3.05, 3.63) is 96.3 Å². The van der Waals surface area contributed by atoms with E-state index in [-0.39, 0.29) is 47.4 Å². The number of alkyl halides is 1. The number of anilines is 1. The van der Waals surface area contributed by atoms with Gasteiger partial charge in [-0.15, -0.1) is 5.54 Å². The van der Waals surface area contributed by atoms with Gasteiger partial charge >= 0.3 is 26.4 Å². The maximum atomic E-state index is 17.1. The molecule has 79 heavy (non-hydrogen) atoms. The molecule has 6 aromatic rings. The van der Waals surface area contributed by atoms with Gasteiger partial charge in [-0.1, -0.05) is 135 Å². The number of rotatable bonds is 15. The lowest BCUT2D eigenvalue weighted by molar-refractivity contribution is 0.0596. The highest BCUT2D eigenvalue weighted by molar-refractivity contribution is 7.00. The molecular formula is C62H77F2N7O6Si2. The van der Waals surface area contributed by atoms with Crippen molar-refractivity contribution in [2.24, 2.45) is 0 Å². The Kier molecular flexibility index (Phi) is 14.7. The summed E-state index contributed by atoms with van der Waals surface area (Å²) in [4.78, 5) is 34.2. The Bertz CT molecular complexity index is 3240. The molecule has 4 aromatic carbocycles. The number of hydrogen-bond acceptors (Lipinski definition) is 10. The highest BCUT2D eigenvalue weighted by Gasteiger charge is 2.54. The maximum absolute atomic E-state index is 17.1. The number of methoxy groups -OCH3 is 1. The molecule has 5 atom stereocenters. The number of fused-ring (bicyclic) bond motifs is 5. The van der Waals surface area contributed by atoms with E-state index in [1.807, 2.05) is 24.3 Å². The van der Waals surface area contributed by atoms with Crippen LogP contribution >= 0.6 is 0 Å². The van der Waals surface area contributed by atoms with E-state index < -0.39 is 46.1 Å². The quantitative estimate of drug-likeness (QED) is 0.0780. The van der Waals surface area contributed by atoms with E-state index in [1.165, 1.54) is 11.0 Å². The summed E-state index contributed by atoms with van der Waals surface area (Å²) in [7, 11) is -3.96. The van der Waals surface area contributed by atoms with Crippen LogP contribution in [-0.2, 0) is 4.74 Å². The number of carbonyl (C=O) groups is 1. The van der Waals surface area contributed by atoms with Gasteiger partial charge in [-0.2, -0.15) is 15.0 Å². The van der Waals surface area contributed by atoms with Gasteiger partial charge in [-0.05, 0) is 94.6 Å². The van der Waals surface area contributed by atoms with Crippen LogP contribution < -0.4 is 29.2 Å². The fourth-order valence-corrected chi connectivity index (χ4v) is 24.3. The fourth-order valence-electron chi connectivity index (χ4n) is 14.7. The highest BCUT2D eigenvalue weighted by atomic mass is 28.4. The van der Waals surface area contributed by atoms with Crippen molar-refractivity contribution in [2.75, 3.05) is 44.8 Å². The number of amides is 1. The van der Waals surface area contributed by atoms with Crippen molar-refractivity contribution in [3.63, 3.8) is 0 Å². The number of nitrogens with zero attached hydrogens (tertiary/aromatic N) is 7. The van der Waals surface area contributed by atoms with Crippen molar-refractivity contribution in [2.45, 2.75) is 165 Å². The Morgan fingerprint density at radius 1 is 0.873 bits per heavy atom. The first-order valence-corrected chi connectivity index (χ1v) is 32.8. The van der Waals surface area contributed by atoms with Gasteiger partial charge in [0.1, 0.15) is 43.7 Å². The number of halogens is 2. The van der Waals surface area contributed by atoms with Crippen LogP contribution in [0.2, 0.25) is 21.7 Å². The van der Waals surface area contributed by atoms with Gasteiger partial charge < -0.3 is 28.6 Å². The van der Waals surface area contributed by atoms with Gasteiger partial charge in [0, 0.05) is 50.7 Å². The van der Waals surface area contributed by atoms with Crippen LogP contribution in [-0.4, -0.2) is 127 Å². The minimum absolute atomic E-state index is 0.0580. The summed E-state index contributed by atoms with van der Waals surface area (Å²) < 4.78 is 62.0. The van der Waals surface area contributed by atoms with Gasteiger partial charge in [0.2, 0.25) is 0 Å². The maximum Gasteiger partial charge on any atom is 0.408 e. The van der Waals surface area contributed by atoms with E-state index in [1.54, 1.807) is 13.2 Å². The number of ether oxygens (including phenoxy) is 3. The van der Waals surface area contributed by atoms with Crippen molar-refractivity contribution < 1.29 is 37.3 Å². The first-order chi connectivity index (χ1) is 37.8. The molecule has 1 amide bonds. The average molecular weight is 1110 g/mol. The molecule has 0 unspecified atom stereocenters. The molecule has 418 valence electrons. The summed E-state index contributed by atoms with van der Waals surface area (Å²) in [6.45, 7) is 22.3. The predicted molar refractivity (Wildman–Crippen MR) is 312 cm³/mol. The van der Waals surface area contributed by atoms with Gasteiger partial charge in [-0.25, -0.2) is 13.6 Å². The van der Waals surface area contributed by atoms with Crippen LogP contribution in [0.1, 0.15) is 119 Å². The summed E-state index contributed by atoms with van der Waals surface area (Å²) in [5.74, 6) is 4.51. The molecule has 17 heteroatoms. The second-order valence-corrected chi connectivity index (χ2v) is 34.8. The van der Waals surface area contributed by atoms with Crippen LogP contribution in [0.25, 0.3) is 21.9 Å². The second-order valence-electron chi connectivity index (χ2n) is 25.0. The number of piperazine rings is 1. The molecule has 2 aromatic heterocycles. The normalized spacial score (nSPS) is 22.7. The Morgan fingerprint density at radius 2 is 1.56 bits per heavy atom. The average Bonchev–Trinajstić information content (AvgIpc) is 4.31. The van der Waals surface area contributed by atoms with Crippen LogP contribution in [0.15, 0.2) is 84.9 Å². The van der Waals surface area contributed by atoms with Gasteiger partial charge in [0.15, 0.2) is 11.5 Å². The zero-order chi connectivity index (χ0) is 55.8. The number of hydrogen-bond donors (Lipinski definition) is 1. The van der Waals surface area contributed by atoms with Crippen LogP contribution in [0.4, 0.5) is 19.4 Å². The minimum Gasteiger partial charge on any atom is -0.534 e. The Balaban J connectivity index is 1.13. The van der Waals surface area contributed by atoms with Gasteiger partial charge in [0.05, 0.1) is 29.3 Å². The number of carboxylic acid groups (broad SMARTS) is 1. The Labute approximate surface area is 466 Å². The predicted octanol–water partition coefficient (Wildman–Crippen LogP) is 12.1. The van der Waals surface area contributed by atoms with Crippen LogP contribution in [0, 0.1) is 17.3 Å². The number of imidazole rings is 1. The van der Waals surface area contributed by atoms with Crippen molar-refractivity contribution in [3.8, 4) is 35.0 Å². The van der Waals surface area contributed by atoms with Gasteiger partial charge in [-0.3, -0.25) is 14.4 Å². The molecule has 5 fully saturated rings. The molecule has 1 N–H and O–H groups in total. The first kappa shape index (κ1) is 54.9. The molecule has 4 saturated heterocycles. The molecule has 13 nitrogen and oxygen atoms in total. The summed E-state index contributed by atoms with van der Waals surface area (Å²) >= 11 is 0. The van der Waals surface area contributed by atoms with E-state index in [2.05, 4.69) is 137 Å². The van der Waals surface area contributed by atoms with Crippen LogP contribution in [0.5, 0.6) is 23.5 Å². The highest BCUT2D eigenvalue weighted by Crippen LogP contribution is 2.48. The summed E-state index contributed by atoms with van der Waals surface area (Å²) in [6, 6.07) is 27.6. The SMILES string of the molecule is CO[C@@H]1C[C@@H]2CN(c3nc(OC[C@@]45CCCN4C[C@H](F)C5)nc4nc(Oc5cc(O[Si](c6ccccc6)(c6ccccc6)C(C)(C)C)cc6ccc(F)c(C#C[Si](C(C)C)(C(C)C)C(C)C)c56)n(C5CCC5)c34)C[C@H]1N2C(=O)O. The van der Waals surface area contributed by atoms with Crippen molar-refractivity contribution in [1.82, 2.24) is 29.3 Å². The van der Waals surface area contributed by atoms with E-state index in [0.717, 1.165) is 49.0 Å². The molecular weight excluding hydrogens is 1030 g/mol. The third-order valence-corrected chi connectivity index (χ3v) is 29.9. The zero-order valence-corrected chi connectivity index (χ0v) is 49.6. The zero-order valence-electron chi connectivity index (χ0n) is 47.6. The Morgan fingerprint density at radius 3 is 2.16 bits per heavy atom. The van der Waals surface area contributed by atoms with Gasteiger partial charge in [0.25, 0.3) is 0 Å². The summed E-state index contributed by atoms with van der Waals surface area (Å²) in [6.07, 6.45) is 3.10. The lowest BCUT2D eigenvalue weighted by atomic mass is 9.93. The molecule has 5 aliphatic rings. The van der Waals surface area contributed by atoms with E-state index in [9.17, 15) is 9.90 Å². The Hall–Kier alpha value is -6.07. The molecule has 2 bridgehead atoms. The minimum atomic E-state index is -3.22. The van der Waals surface area contributed by atoms with Crippen LogP contribution in [0.3, 0.4) is 0 Å².